The molecule has 2 aromatic rings. The van der Waals surface area contributed by atoms with E-state index >= 15 is 0 Å². The average molecular weight is 239 g/mol. The molecule has 84 valence electrons. The lowest BCUT2D eigenvalue weighted by molar-refractivity contribution is 0.557. The second-order valence-corrected chi connectivity index (χ2v) is 4.25. The minimum absolute atomic E-state index is 0.309. The van der Waals surface area contributed by atoms with Crippen LogP contribution in [0.3, 0.4) is 0 Å². The Balaban J connectivity index is 1.74. The molecule has 5 heteroatoms. The van der Waals surface area contributed by atoms with Gasteiger partial charge >= 0.3 is 0 Å². The standard InChI is InChI=1S/C11H11ClN2O2/c12-10-9(3-4-15-10)11-14-8(6-16-11)5-13-7-1-2-7/h3-4,6-7,13H,1-2,5H2. The zero-order chi connectivity index (χ0) is 11.0. The van der Waals surface area contributed by atoms with Gasteiger partial charge in [0.25, 0.3) is 0 Å². The van der Waals surface area contributed by atoms with Crippen molar-refractivity contribution in [2.75, 3.05) is 0 Å². The van der Waals surface area contributed by atoms with E-state index in [0.717, 1.165) is 12.2 Å². The Kier molecular flexibility index (Phi) is 2.46. The van der Waals surface area contributed by atoms with Crippen molar-refractivity contribution in [3.8, 4) is 11.5 Å². The number of hydrogen-bond acceptors (Lipinski definition) is 4. The molecular weight excluding hydrogens is 228 g/mol. The van der Waals surface area contributed by atoms with Crippen LogP contribution in [0.15, 0.2) is 27.4 Å². The summed E-state index contributed by atoms with van der Waals surface area (Å²) in [6.07, 6.45) is 5.69. The summed E-state index contributed by atoms with van der Waals surface area (Å²) in [7, 11) is 0. The van der Waals surface area contributed by atoms with Gasteiger partial charge in [0.05, 0.1) is 17.5 Å². The SMILES string of the molecule is Clc1occc1-c1nc(CNC2CC2)co1. The minimum Gasteiger partial charge on any atom is -0.452 e. The fourth-order valence-electron chi connectivity index (χ4n) is 1.49. The van der Waals surface area contributed by atoms with Crippen molar-refractivity contribution >= 4 is 11.6 Å². The summed E-state index contributed by atoms with van der Waals surface area (Å²) in [5.74, 6) is 0.506. The molecule has 1 N–H and O–H groups in total. The third-order valence-corrected chi connectivity index (χ3v) is 2.84. The van der Waals surface area contributed by atoms with Gasteiger partial charge in [0.1, 0.15) is 6.26 Å². The molecule has 1 aliphatic carbocycles. The van der Waals surface area contributed by atoms with E-state index in [-0.39, 0.29) is 0 Å². The highest BCUT2D eigenvalue weighted by Crippen LogP contribution is 2.28. The van der Waals surface area contributed by atoms with Gasteiger partial charge in [-0.05, 0) is 30.5 Å². The second-order valence-electron chi connectivity index (χ2n) is 3.91. The molecule has 1 saturated carbocycles. The molecular formula is C11H11ClN2O2. The van der Waals surface area contributed by atoms with Crippen molar-refractivity contribution in [2.45, 2.75) is 25.4 Å². The van der Waals surface area contributed by atoms with Gasteiger partial charge in [0, 0.05) is 12.6 Å². The fraction of sp³-hybridized carbons (Fsp3) is 0.364. The van der Waals surface area contributed by atoms with E-state index in [4.69, 9.17) is 20.4 Å². The average Bonchev–Trinajstić information content (AvgIpc) is 2.82. The number of halogens is 1. The molecule has 0 radical (unpaired) electrons. The maximum Gasteiger partial charge on any atom is 0.231 e. The van der Waals surface area contributed by atoms with Crippen LogP contribution in [-0.4, -0.2) is 11.0 Å². The summed E-state index contributed by atoms with van der Waals surface area (Å²) in [6, 6.07) is 2.41. The van der Waals surface area contributed by atoms with Crippen molar-refractivity contribution < 1.29 is 8.83 Å². The van der Waals surface area contributed by atoms with Crippen molar-refractivity contribution in [1.29, 1.82) is 0 Å². The quantitative estimate of drug-likeness (QED) is 0.890. The molecule has 0 atom stereocenters. The number of rotatable bonds is 4. The first-order valence-corrected chi connectivity index (χ1v) is 5.62. The molecule has 0 aliphatic heterocycles. The summed E-state index contributed by atoms with van der Waals surface area (Å²) < 4.78 is 10.3. The summed E-state index contributed by atoms with van der Waals surface area (Å²) in [5, 5.41) is 3.68. The van der Waals surface area contributed by atoms with Crippen LogP contribution in [0.25, 0.3) is 11.5 Å². The zero-order valence-electron chi connectivity index (χ0n) is 8.57. The summed E-state index contributed by atoms with van der Waals surface area (Å²) >= 11 is 5.84. The van der Waals surface area contributed by atoms with E-state index in [2.05, 4.69) is 10.3 Å². The molecule has 16 heavy (non-hydrogen) atoms. The van der Waals surface area contributed by atoms with Gasteiger partial charge in [-0.2, -0.15) is 0 Å². The van der Waals surface area contributed by atoms with Crippen molar-refractivity contribution in [2.24, 2.45) is 0 Å². The van der Waals surface area contributed by atoms with Crippen LogP contribution in [0.4, 0.5) is 0 Å². The molecule has 0 spiro atoms. The monoisotopic (exact) mass is 238 g/mol. The first-order chi connectivity index (χ1) is 7.83. The van der Waals surface area contributed by atoms with Crippen LogP contribution in [-0.2, 0) is 6.54 Å². The molecule has 0 bridgehead atoms. The van der Waals surface area contributed by atoms with Gasteiger partial charge in [0.15, 0.2) is 0 Å². The summed E-state index contributed by atoms with van der Waals surface area (Å²) in [5.41, 5.74) is 1.58. The van der Waals surface area contributed by atoms with Gasteiger partial charge in [-0.25, -0.2) is 4.98 Å². The van der Waals surface area contributed by atoms with Crippen LogP contribution in [0, 0.1) is 0 Å². The minimum atomic E-state index is 0.309. The molecule has 2 aromatic heterocycles. The molecule has 3 rings (SSSR count). The molecule has 1 fully saturated rings. The van der Waals surface area contributed by atoms with Crippen molar-refractivity contribution in [3.63, 3.8) is 0 Å². The van der Waals surface area contributed by atoms with Crippen LogP contribution in [0.1, 0.15) is 18.5 Å². The molecule has 0 unspecified atom stereocenters. The number of aromatic nitrogens is 1. The molecule has 0 aromatic carbocycles. The van der Waals surface area contributed by atoms with E-state index in [1.54, 1.807) is 12.3 Å². The van der Waals surface area contributed by atoms with E-state index in [1.807, 2.05) is 0 Å². The number of oxazole rings is 1. The third kappa shape index (κ3) is 1.99. The Morgan fingerprint density at radius 3 is 3.00 bits per heavy atom. The normalized spacial score (nSPS) is 15.6. The molecule has 2 heterocycles. The third-order valence-electron chi connectivity index (χ3n) is 2.55. The first kappa shape index (κ1) is 9.93. The lowest BCUT2D eigenvalue weighted by Gasteiger charge is -1.95. The van der Waals surface area contributed by atoms with Crippen molar-refractivity contribution in [1.82, 2.24) is 10.3 Å². The smallest absolute Gasteiger partial charge is 0.231 e. The molecule has 0 amide bonds. The van der Waals surface area contributed by atoms with E-state index in [0.29, 0.717) is 22.7 Å². The highest BCUT2D eigenvalue weighted by molar-refractivity contribution is 6.31. The first-order valence-electron chi connectivity index (χ1n) is 5.24. The highest BCUT2D eigenvalue weighted by Gasteiger charge is 2.21. The number of hydrogen-bond donors (Lipinski definition) is 1. The topological polar surface area (TPSA) is 51.2 Å². The molecule has 1 aliphatic rings. The van der Waals surface area contributed by atoms with Gasteiger partial charge < -0.3 is 14.2 Å². The number of nitrogens with one attached hydrogen (secondary N) is 1. The number of furan rings is 1. The number of nitrogens with zero attached hydrogens (tertiary/aromatic N) is 1. The van der Waals surface area contributed by atoms with Gasteiger partial charge in [-0.1, -0.05) is 0 Å². The molecule has 0 saturated heterocycles. The van der Waals surface area contributed by atoms with Gasteiger partial charge in [0.2, 0.25) is 11.1 Å². The Morgan fingerprint density at radius 1 is 1.44 bits per heavy atom. The van der Waals surface area contributed by atoms with Crippen LogP contribution < -0.4 is 5.32 Å². The predicted molar refractivity (Wildman–Crippen MR) is 59.1 cm³/mol. The van der Waals surface area contributed by atoms with E-state index < -0.39 is 0 Å². The Morgan fingerprint density at radius 2 is 2.31 bits per heavy atom. The van der Waals surface area contributed by atoms with Crippen molar-refractivity contribution in [3.05, 3.63) is 29.5 Å². The highest BCUT2D eigenvalue weighted by atomic mass is 35.5. The maximum absolute atomic E-state index is 5.84. The Bertz CT molecular complexity index is 488. The van der Waals surface area contributed by atoms with E-state index in [9.17, 15) is 0 Å². The van der Waals surface area contributed by atoms with Gasteiger partial charge in [-0.3, -0.25) is 0 Å². The largest absolute Gasteiger partial charge is 0.452 e. The van der Waals surface area contributed by atoms with Gasteiger partial charge in [-0.15, -0.1) is 0 Å². The van der Waals surface area contributed by atoms with Crippen LogP contribution >= 0.6 is 11.6 Å². The Labute approximate surface area is 97.6 Å². The fourth-order valence-corrected chi connectivity index (χ4v) is 1.69. The lowest BCUT2D eigenvalue weighted by Crippen LogP contribution is -2.15. The zero-order valence-corrected chi connectivity index (χ0v) is 9.33. The van der Waals surface area contributed by atoms with E-state index in [1.165, 1.54) is 19.1 Å². The maximum atomic E-state index is 5.84. The molecule has 4 nitrogen and oxygen atoms in total. The summed E-state index contributed by atoms with van der Waals surface area (Å²) in [6.45, 7) is 0.740. The van der Waals surface area contributed by atoms with Crippen LogP contribution in [0.5, 0.6) is 0 Å². The lowest BCUT2D eigenvalue weighted by atomic mass is 10.3. The Hall–Kier alpha value is -1.26. The predicted octanol–water partition coefficient (Wildman–Crippen LogP) is 2.84. The van der Waals surface area contributed by atoms with Crippen LogP contribution in [0.2, 0.25) is 5.22 Å². The second kappa shape index (κ2) is 3.96. The summed E-state index contributed by atoms with van der Waals surface area (Å²) in [4.78, 5) is 4.34.